The number of anilines is 2. The minimum absolute atomic E-state index is 0.242. The third kappa shape index (κ3) is 2.96. The Kier molecular flexibility index (Phi) is 3.72. The number of hydrogen-bond acceptors (Lipinski definition) is 5. The topological polar surface area (TPSA) is 81.7 Å². The van der Waals surface area contributed by atoms with E-state index >= 15 is 0 Å². The molecule has 1 fully saturated rings. The molecule has 0 radical (unpaired) electrons. The lowest BCUT2D eigenvalue weighted by atomic mass is 9.95. The van der Waals surface area contributed by atoms with Crippen LogP contribution in [0.25, 0.3) is 11.4 Å². The van der Waals surface area contributed by atoms with E-state index in [0.29, 0.717) is 17.4 Å². The van der Waals surface area contributed by atoms with Gasteiger partial charge in [-0.2, -0.15) is 4.80 Å². The number of benzene rings is 1. The van der Waals surface area contributed by atoms with Crippen molar-refractivity contribution in [3.05, 3.63) is 17.9 Å². The van der Waals surface area contributed by atoms with Crippen molar-refractivity contribution in [1.29, 1.82) is 0 Å². The van der Waals surface area contributed by atoms with Gasteiger partial charge in [-0.05, 0) is 30.2 Å². The van der Waals surface area contributed by atoms with Crippen LogP contribution in [0.15, 0.2) is 12.1 Å². The molecule has 1 heterocycles. The predicted octanol–water partition coefficient (Wildman–Crippen LogP) is 2.34. The Balaban J connectivity index is 1.85. The van der Waals surface area contributed by atoms with Gasteiger partial charge in [-0.3, -0.25) is 0 Å². The summed E-state index contributed by atoms with van der Waals surface area (Å²) in [5.41, 5.74) is 7.46. The Morgan fingerprint density at radius 2 is 2.05 bits per heavy atom. The molecule has 0 amide bonds. The lowest BCUT2D eigenvalue weighted by molar-refractivity contribution is 0.462. The lowest BCUT2D eigenvalue weighted by Gasteiger charge is -2.24. The molecular weight excluding hydrogens is 271 g/mol. The number of halogens is 1. The summed E-state index contributed by atoms with van der Waals surface area (Å²) in [5.74, 6) is -0.151. The molecular formula is C14H19FN6. The van der Waals surface area contributed by atoms with Crippen LogP contribution in [0, 0.1) is 5.82 Å². The number of nitrogens with one attached hydrogen (secondary N) is 1. The molecule has 6 nitrogen and oxygen atoms in total. The number of rotatable bonds is 3. The van der Waals surface area contributed by atoms with Gasteiger partial charge in [0.25, 0.3) is 0 Å². The molecule has 0 bridgehead atoms. The molecule has 112 valence electrons. The molecule has 1 aliphatic rings. The molecule has 3 rings (SSSR count). The fourth-order valence-corrected chi connectivity index (χ4v) is 2.75. The van der Waals surface area contributed by atoms with Gasteiger partial charge in [0.15, 0.2) is 0 Å². The van der Waals surface area contributed by atoms with Crippen LogP contribution in [-0.4, -0.2) is 26.2 Å². The molecule has 3 N–H and O–H groups in total. The van der Waals surface area contributed by atoms with E-state index in [1.807, 2.05) is 0 Å². The zero-order valence-electron chi connectivity index (χ0n) is 12.0. The summed E-state index contributed by atoms with van der Waals surface area (Å²) in [6.07, 6.45) is 5.91. The van der Waals surface area contributed by atoms with Crippen molar-refractivity contribution >= 4 is 11.4 Å². The first kappa shape index (κ1) is 13.8. The average molecular weight is 290 g/mol. The van der Waals surface area contributed by atoms with Crippen LogP contribution >= 0.6 is 0 Å². The first-order chi connectivity index (χ1) is 10.1. The van der Waals surface area contributed by atoms with Crippen LogP contribution in [0.4, 0.5) is 15.8 Å². The molecule has 0 aliphatic heterocycles. The highest BCUT2D eigenvalue weighted by atomic mass is 19.1. The second-order valence-corrected chi connectivity index (χ2v) is 5.50. The fourth-order valence-electron chi connectivity index (χ4n) is 2.75. The van der Waals surface area contributed by atoms with Crippen LogP contribution in [0.1, 0.15) is 32.1 Å². The van der Waals surface area contributed by atoms with Crippen molar-refractivity contribution < 1.29 is 4.39 Å². The van der Waals surface area contributed by atoms with Gasteiger partial charge < -0.3 is 11.1 Å². The zero-order valence-corrected chi connectivity index (χ0v) is 12.0. The number of nitrogens with zero attached hydrogens (tertiary/aromatic N) is 4. The van der Waals surface area contributed by atoms with E-state index in [2.05, 4.69) is 20.7 Å². The summed E-state index contributed by atoms with van der Waals surface area (Å²) in [6, 6.07) is 3.37. The number of tetrazole rings is 1. The van der Waals surface area contributed by atoms with Crippen LogP contribution < -0.4 is 11.1 Å². The largest absolute Gasteiger partial charge is 0.397 e. The van der Waals surface area contributed by atoms with E-state index < -0.39 is 5.82 Å². The van der Waals surface area contributed by atoms with E-state index in [0.717, 1.165) is 12.8 Å². The van der Waals surface area contributed by atoms with Crippen molar-refractivity contribution in [2.75, 3.05) is 11.1 Å². The third-order valence-corrected chi connectivity index (χ3v) is 3.85. The second kappa shape index (κ2) is 5.67. The molecule has 0 spiro atoms. The summed E-state index contributed by atoms with van der Waals surface area (Å²) in [4.78, 5) is 1.29. The highest BCUT2D eigenvalue weighted by molar-refractivity contribution is 5.74. The van der Waals surface area contributed by atoms with Crippen LogP contribution in [0.2, 0.25) is 0 Å². The quantitative estimate of drug-likeness (QED) is 0.848. The van der Waals surface area contributed by atoms with Gasteiger partial charge in [-0.1, -0.05) is 19.3 Å². The van der Waals surface area contributed by atoms with Gasteiger partial charge in [0.1, 0.15) is 5.82 Å². The first-order valence-corrected chi connectivity index (χ1v) is 7.23. The first-order valence-electron chi connectivity index (χ1n) is 7.23. The summed E-state index contributed by atoms with van der Waals surface area (Å²) < 4.78 is 14.3. The number of aromatic nitrogens is 4. The van der Waals surface area contributed by atoms with Crippen molar-refractivity contribution in [1.82, 2.24) is 20.2 Å². The lowest BCUT2D eigenvalue weighted by Crippen LogP contribution is -2.22. The molecule has 1 saturated carbocycles. The Hall–Kier alpha value is -2.18. The van der Waals surface area contributed by atoms with Gasteiger partial charge >= 0.3 is 0 Å². The Bertz CT molecular complexity index is 632. The Labute approximate surface area is 122 Å². The summed E-state index contributed by atoms with van der Waals surface area (Å²) in [5, 5.41) is 14.9. The Morgan fingerprint density at radius 3 is 2.71 bits per heavy atom. The van der Waals surface area contributed by atoms with Crippen LogP contribution in [0.3, 0.4) is 0 Å². The highest BCUT2D eigenvalue weighted by Crippen LogP contribution is 2.30. The van der Waals surface area contributed by atoms with Crippen molar-refractivity contribution in [2.45, 2.75) is 38.1 Å². The summed E-state index contributed by atoms with van der Waals surface area (Å²) >= 11 is 0. The monoisotopic (exact) mass is 290 g/mol. The van der Waals surface area contributed by atoms with Gasteiger partial charge in [-0.25, -0.2) is 4.39 Å². The van der Waals surface area contributed by atoms with Gasteiger partial charge in [0, 0.05) is 6.04 Å². The predicted molar refractivity (Wildman–Crippen MR) is 79.1 cm³/mol. The summed E-state index contributed by atoms with van der Waals surface area (Å²) in [7, 11) is 1.64. The minimum Gasteiger partial charge on any atom is -0.397 e. The maximum absolute atomic E-state index is 14.3. The molecule has 1 aromatic carbocycles. The van der Waals surface area contributed by atoms with E-state index in [1.165, 1.54) is 30.1 Å². The van der Waals surface area contributed by atoms with Gasteiger partial charge in [-0.15, -0.1) is 10.2 Å². The number of hydrogen-bond donors (Lipinski definition) is 2. The normalized spacial score (nSPS) is 16.1. The van der Waals surface area contributed by atoms with E-state index in [9.17, 15) is 4.39 Å². The molecule has 0 atom stereocenters. The van der Waals surface area contributed by atoms with Crippen LogP contribution in [-0.2, 0) is 7.05 Å². The second-order valence-electron chi connectivity index (χ2n) is 5.50. The SMILES string of the molecule is Cn1nnc(-c2cc(N)c(NC3CCCCC3)cc2F)n1. The van der Waals surface area contributed by atoms with Crippen molar-refractivity contribution in [2.24, 2.45) is 7.05 Å². The number of nitrogens with two attached hydrogens (primary N) is 1. The molecule has 1 aromatic heterocycles. The number of aryl methyl sites for hydroxylation is 1. The highest BCUT2D eigenvalue weighted by Gasteiger charge is 2.17. The molecule has 21 heavy (non-hydrogen) atoms. The smallest absolute Gasteiger partial charge is 0.207 e. The van der Waals surface area contributed by atoms with Gasteiger partial charge in [0.2, 0.25) is 5.82 Å². The number of nitrogen functional groups attached to an aromatic ring is 1. The summed E-state index contributed by atoms with van der Waals surface area (Å²) in [6.45, 7) is 0. The van der Waals surface area contributed by atoms with Crippen LogP contribution in [0.5, 0.6) is 0 Å². The zero-order chi connectivity index (χ0) is 14.8. The van der Waals surface area contributed by atoms with E-state index in [4.69, 9.17) is 5.73 Å². The third-order valence-electron chi connectivity index (χ3n) is 3.85. The molecule has 1 aliphatic carbocycles. The van der Waals surface area contributed by atoms with Gasteiger partial charge in [0.05, 0.1) is 24.0 Å². The van der Waals surface area contributed by atoms with Crippen molar-refractivity contribution in [3.8, 4) is 11.4 Å². The maximum atomic E-state index is 14.3. The maximum Gasteiger partial charge on any atom is 0.207 e. The molecule has 2 aromatic rings. The van der Waals surface area contributed by atoms with Crippen molar-refractivity contribution in [3.63, 3.8) is 0 Å². The molecule has 7 heteroatoms. The minimum atomic E-state index is -0.393. The standard InChI is InChI=1S/C14H19FN6/c1-21-19-14(18-20-21)10-7-12(16)13(8-11(10)15)17-9-5-3-2-4-6-9/h7-9,17H,2-6,16H2,1H3. The Morgan fingerprint density at radius 1 is 1.29 bits per heavy atom. The average Bonchev–Trinajstić information content (AvgIpc) is 2.90. The van der Waals surface area contributed by atoms with E-state index in [-0.39, 0.29) is 11.4 Å². The molecule has 0 unspecified atom stereocenters. The van der Waals surface area contributed by atoms with E-state index in [1.54, 1.807) is 13.1 Å². The fraction of sp³-hybridized carbons (Fsp3) is 0.500. The molecule has 0 saturated heterocycles.